The third kappa shape index (κ3) is 8.25. The molecule has 0 saturated carbocycles. The number of carbonyl (C=O) groups is 1. The minimum absolute atomic E-state index is 0.173. The number of benzene rings is 1. The van der Waals surface area contributed by atoms with E-state index in [1.807, 2.05) is 0 Å². The van der Waals surface area contributed by atoms with Crippen LogP contribution < -0.4 is 10.6 Å². The fourth-order valence-electron chi connectivity index (χ4n) is 2.13. The molecule has 2 N–H and O–H groups in total. The van der Waals surface area contributed by atoms with Crippen LogP contribution in [0.4, 0.5) is 10.5 Å². The summed E-state index contributed by atoms with van der Waals surface area (Å²) in [6.45, 7) is 8.18. The van der Waals surface area contributed by atoms with Crippen LogP contribution in [0.25, 0.3) is 0 Å². The van der Waals surface area contributed by atoms with Gasteiger partial charge in [0.15, 0.2) is 0 Å². The zero-order chi connectivity index (χ0) is 16.2. The Hall–Kier alpha value is -1.26. The van der Waals surface area contributed by atoms with E-state index in [4.69, 9.17) is 11.6 Å². The maximum Gasteiger partial charge on any atom is 0.319 e. The van der Waals surface area contributed by atoms with E-state index < -0.39 is 0 Å². The van der Waals surface area contributed by atoms with Gasteiger partial charge in [-0.25, -0.2) is 4.79 Å². The predicted octanol–water partition coefficient (Wildman–Crippen LogP) is 4.36. The number of amides is 2. The van der Waals surface area contributed by atoms with E-state index in [2.05, 4.69) is 29.4 Å². The fraction of sp³-hybridized carbons (Fsp3) is 0.588. The molecule has 0 bridgehead atoms. The van der Waals surface area contributed by atoms with Gasteiger partial charge in [-0.3, -0.25) is 0 Å². The van der Waals surface area contributed by atoms with E-state index in [9.17, 15) is 4.79 Å². The SMILES string of the molecule is CCCCN(CCCC)CCNC(=O)Nc1ccc(Cl)cc1. The van der Waals surface area contributed by atoms with Crippen LogP contribution in [-0.2, 0) is 0 Å². The maximum atomic E-state index is 11.8. The Labute approximate surface area is 139 Å². The standard InChI is InChI=1S/C17H28ClN3O/c1-3-5-12-21(13-6-4-2)14-11-19-17(22)20-16-9-7-15(18)8-10-16/h7-10H,3-6,11-14H2,1-2H3,(H2,19,20,22). The average molecular weight is 326 g/mol. The number of rotatable bonds is 10. The topological polar surface area (TPSA) is 44.4 Å². The van der Waals surface area contributed by atoms with Crippen molar-refractivity contribution in [3.63, 3.8) is 0 Å². The number of hydrogen-bond donors (Lipinski definition) is 2. The molecule has 0 spiro atoms. The van der Waals surface area contributed by atoms with Gasteiger partial charge in [-0.1, -0.05) is 38.3 Å². The number of nitrogens with zero attached hydrogens (tertiary/aromatic N) is 1. The van der Waals surface area contributed by atoms with Gasteiger partial charge in [0.05, 0.1) is 0 Å². The van der Waals surface area contributed by atoms with Crippen molar-refractivity contribution < 1.29 is 4.79 Å². The molecule has 0 saturated heterocycles. The Morgan fingerprint density at radius 2 is 1.64 bits per heavy atom. The van der Waals surface area contributed by atoms with Crippen molar-refractivity contribution in [1.29, 1.82) is 0 Å². The summed E-state index contributed by atoms with van der Waals surface area (Å²) in [6.07, 6.45) is 4.82. The number of halogens is 1. The Morgan fingerprint density at radius 3 is 2.18 bits per heavy atom. The molecule has 1 rings (SSSR count). The van der Waals surface area contributed by atoms with Gasteiger partial charge >= 0.3 is 6.03 Å². The quantitative estimate of drug-likeness (QED) is 0.671. The summed E-state index contributed by atoms with van der Waals surface area (Å²) in [6, 6.07) is 6.92. The molecule has 0 aliphatic rings. The minimum Gasteiger partial charge on any atom is -0.337 e. The van der Waals surface area contributed by atoms with E-state index in [1.54, 1.807) is 24.3 Å². The third-order valence-electron chi connectivity index (χ3n) is 3.47. The van der Waals surface area contributed by atoms with Crippen LogP contribution in [0.15, 0.2) is 24.3 Å². The lowest BCUT2D eigenvalue weighted by Crippen LogP contribution is -2.37. The highest BCUT2D eigenvalue weighted by Crippen LogP contribution is 2.12. The second-order valence-electron chi connectivity index (χ2n) is 5.44. The second-order valence-corrected chi connectivity index (χ2v) is 5.87. The van der Waals surface area contributed by atoms with Gasteiger partial charge in [0.1, 0.15) is 0 Å². The van der Waals surface area contributed by atoms with Gasteiger partial charge in [-0.05, 0) is 50.2 Å². The molecular weight excluding hydrogens is 298 g/mol. The molecule has 0 heterocycles. The van der Waals surface area contributed by atoms with Crippen LogP contribution in [0, 0.1) is 0 Å². The lowest BCUT2D eigenvalue weighted by atomic mass is 10.2. The summed E-state index contributed by atoms with van der Waals surface area (Å²) in [4.78, 5) is 14.3. The molecular formula is C17H28ClN3O. The lowest BCUT2D eigenvalue weighted by molar-refractivity contribution is 0.243. The van der Waals surface area contributed by atoms with Gasteiger partial charge < -0.3 is 15.5 Å². The Balaban J connectivity index is 2.27. The number of anilines is 1. The zero-order valence-electron chi connectivity index (χ0n) is 13.7. The van der Waals surface area contributed by atoms with Gasteiger partial charge in [-0.15, -0.1) is 0 Å². The van der Waals surface area contributed by atoms with Crippen molar-refractivity contribution in [2.45, 2.75) is 39.5 Å². The van der Waals surface area contributed by atoms with Crippen molar-refractivity contribution in [2.24, 2.45) is 0 Å². The maximum absolute atomic E-state index is 11.8. The highest BCUT2D eigenvalue weighted by molar-refractivity contribution is 6.30. The molecule has 1 aromatic carbocycles. The third-order valence-corrected chi connectivity index (χ3v) is 3.72. The van der Waals surface area contributed by atoms with Crippen molar-refractivity contribution in [3.05, 3.63) is 29.3 Å². The normalized spacial score (nSPS) is 10.7. The van der Waals surface area contributed by atoms with Crippen molar-refractivity contribution in [3.8, 4) is 0 Å². The summed E-state index contributed by atoms with van der Waals surface area (Å²) in [5.74, 6) is 0. The molecule has 0 atom stereocenters. The molecule has 0 aliphatic heterocycles. The highest BCUT2D eigenvalue weighted by Gasteiger charge is 2.05. The summed E-state index contributed by atoms with van der Waals surface area (Å²) in [5.41, 5.74) is 0.746. The van der Waals surface area contributed by atoms with E-state index in [0.717, 1.165) is 25.3 Å². The van der Waals surface area contributed by atoms with E-state index in [0.29, 0.717) is 11.6 Å². The van der Waals surface area contributed by atoms with Crippen LogP contribution in [0.1, 0.15) is 39.5 Å². The van der Waals surface area contributed by atoms with Gasteiger partial charge in [0.25, 0.3) is 0 Å². The van der Waals surface area contributed by atoms with Crippen LogP contribution >= 0.6 is 11.6 Å². The molecule has 5 heteroatoms. The molecule has 0 aromatic heterocycles. The Morgan fingerprint density at radius 1 is 1.05 bits per heavy atom. The van der Waals surface area contributed by atoms with Crippen molar-refractivity contribution in [1.82, 2.24) is 10.2 Å². The summed E-state index contributed by atoms with van der Waals surface area (Å²) in [5, 5.41) is 6.37. The summed E-state index contributed by atoms with van der Waals surface area (Å²) >= 11 is 5.82. The van der Waals surface area contributed by atoms with E-state index in [-0.39, 0.29) is 6.03 Å². The molecule has 0 radical (unpaired) electrons. The minimum atomic E-state index is -0.173. The van der Waals surface area contributed by atoms with E-state index >= 15 is 0 Å². The van der Waals surface area contributed by atoms with Crippen LogP contribution in [0.3, 0.4) is 0 Å². The molecule has 4 nitrogen and oxygen atoms in total. The summed E-state index contributed by atoms with van der Waals surface area (Å²) in [7, 11) is 0. The Kier molecular flexibility index (Phi) is 9.67. The molecule has 0 aliphatic carbocycles. The first-order valence-corrected chi connectivity index (χ1v) is 8.56. The number of unbranched alkanes of at least 4 members (excludes halogenated alkanes) is 2. The van der Waals surface area contributed by atoms with Crippen LogP contribution in [0.5, 0.6) is 0 Å². The number of hydrogen-bond acceptors (Lipinski definition) is 2. The average Bonchev–Trinajstić information content (AvgIpc) is 2.51. The molecule has 22 heavy (non-hydrogen) atoms. The fourth-order valence-corrected chi connectivity index (χ4v) is 2.26. The lowest BCUT2D eigenvalue weighted by Gasteiger charge is -2.22. The number of carbonyl (C=O) groups excluding carboxylic acids is 1. The molecule has 0 unspecified atom stereocenters. The van der Waals surface area contributed by atoms with Crippen LogP contribution in [-0.4, -0.2) is 37.1 Å². The number of nitrogens with one attached hydrogen (secondary N) is 2. The molecule has 0 fully saturated rings. The van der Waals surface area contributed by atoms with Crippen molar-refractivity contribution in [2.75, 3.05) is 31.5 Å². The highest BCUT2D eigenvalue weighted by atomic mass is 35.5. The first-order valence-electron chi connectivity index (χ1n) is 8.18. The molecule has 1 aromatic rings. The molecule has 2 amide bonds. The van der Waals surface area contributed by atoms with Gasteiger partial charge in [-0.2, -0.15) is 0 Å². The smallest absolute Gasteiger partial charge is 0.319 e. The largest absolute Gasteiger partial charge is 0.337 e. The second kappa shape index (κ2) is 11.3. The number of urea groups is 1. The first-order chi connectivity index (χ1) is 10.7. The monoisotopic (exact) mass is 325 g/mol. The van der Waals surface area contributed by atoms with Crippen molar-refractivity contribution >= 4 is 23.3 Å². The van der Waals surface area contributed by atoms with E-state index in [1.165, 1.54) is 25.7 Å². The first kappa shape index (κ1) is 18.8. The van der Waals surface area contributed by atoms with Gasteiger partial charge in [0, 0.05) is 23.8 Å². The van der Waals surface area contributed by atoms with Gasteiger partial charge in [0.2, 0.25) is 0 Å². The predicted molar refractivity (Wildman–Crippen MR) is 94.7 cm³/mol. The Bertz CT molecular complexity index is 414. The van der Waals surface area contributed by atoms with Crippen LogP contribution in [0.2, 0.25) is 5.02 Å². The molecule has 124 valence electrons. The summed E-state index contributed by atoms with van der Waals surface area (Å²) < 4.78 is 0. The zero-order valence-corrected chi connectivity index (χ0v) is 14.5.